The molecule has 27 heavy (non-hydrogen) atoms. The molecule has 3 aromatic rings. The highest BCUT2D eigenvalue weighted by Crippen LogP contribution is 2.33. The Kier molecular flexibility index (Phi) is 4.26. The summed E-state index contributed by atoms with van der Waals surface area (Å²) in [6.45, 7) is 2.44. The van der Waals surface area contributed by atoms with Crippen LogP contribution in [-0.4, -0.2) is 52.1 Å². The highest BCUT2D eigenvalue weighted by Gasteiger charge is 2.22. The number of rotatable bonds is 3. The van der Waals surface area contributed by atoms with Gasteiger partial charge in [0, 0.05) is 41.8 Å². The minimum atomic E-state index is -0.00989. The van der Waals surface area contributed by atoms with Gasteiger partial charge in [-0.1, -0.05) is 6.08 Å². The molecule has 0 aromatic carbocycles. The number of hydrogen-bond donors (Lipinski definition) is 1. The van der Waals surface area contributed by atoms with Gasteiger partial charge in [-0.05, 0) is 36.5 Å². The van der Waals surface area contributed by atoms with E-state index in [1.54, 1.807) is 0 Å². The van der Waals surface area contributed by atoms with Gasteiger partial charge in [-0.25, -0.2) is 9.97 Å². The number of carbonyl (C=O) groups is 1. The number of H-pyrrole nitrogens is 1. The fourth-order valence-corrected chi connectivity index (χ4v) is 4.51. The second-order valence-electron chi connectivity index (χ2n) is 6.89. The first-order chi connectivity index (χ1) is 13.3. The second kappa shape index (κ2) is 6.90. The topological polar surface area (TPSA) is 71.1 Å². The maximum Gasteiger partial charge on any atom is 0.283 e. The van der Waals surface area contributed by atoms with Crippen molar-refractivity contribution in [1.82, 2.24) is 19.9 Å². The van der Waals surface area contributed by atoms with Crippen LogP contribution < -0.4 is 0 Å². The van der Waals surface area contributed by atoms with Crippen LogP contribution in [0.3, 0.4) is 0 Å². The van der Waals surface area contributed by atoms with E-state index < -0.39 is 0 Å². The quantitative estimate of drug-likeness (QED) is 0.752. The van der Waals surface area contributed by atoms with Crippen molar-refractivity contribution >= 4 is 33.9 Å². The van der Waals surface area contributed by atoms with Gasteiger partial charge in [-0.3, -0.25) is 4.79 Å². The van der Waals surface area contributed by atoms with E-state index in [1.165, 1.54) is 28.9 Å². The summed E-state index contributed by atoms with van der Waals surface area (Å²) >= 11 is 1.40. The van der Waals surface area contributed by atoms with Gasteiger partial charge in [0.15, 0.2) is 5.01 Å². The number of thiazole rings is 1. The third-order valence-electron chi connectivity index (χ3n) is 5.20. The molecule has 0 atom stereocenters. The van der Waals surface area contributed by atoms with Crippen LogP contribution in [0.2, 0.25) is 0 Å². The molecule has 1 aliphatic heterocycles. The third kappa shape index (κ3) is 3.07. The highest BCUT2D eigenvalue weighted by molar-refractivity contribution is 7.12. The summed E-state index contributed by atoms with van der Waals surface area (Å²) in [6.07, 6.45) is 9.65. The molecule has 0 spiro atoms. The van der Waals surface area contributed by atoms with Crippen LogP contribution >= 0.6 is 11.3 Å². The van der Waals surface area contributed by atoms with Gasteiger partial charge in [0.05, 0.1) is 18.9 Å². The molecule has 6 nitrogen and oxygen atoms in total. The van der Waals surface area contributed by atoms with Crippen LogP contribution in [0.5, 0.6) is 0 Å². The lowest BCUT2D eigenvalue weighted by molar-refractivity contribution is 0.0303. The number of amides is 1. The van der Waals surface area contributed by atoms with Crippen molar-refractivity contribution in [2.75, 3.05) is 26.3 Å². The molecule has 0 unspecified atom stereocenters. The molecule has 2 aliphatic rings. The molecular weight excluding hydrogens is 360 g/mol. The number of fused-ring (bicyclic) bond motifs is 1. The lowest BCUT2D eigenvalue weighted by Gasteiger charge is -2.25. The summed E-state index contributed by atoms with van der Waals surface area (Å²) in [6, 6.07) is 2.19. The Hall–Kier alpha value is -2.51. The van der Waals surface area contributed by atoms with Gasteiger partial charge in [0.1, 0.15) is 5.65 Å². The first-order valence-electron chi connectivity index (χ1n) is 9.29. The average molecular weight is 380 g/mol. The predicted molar refractivity (Wildman–Crippen MR) is 106 cm³/mol. The molecule has 1 fully saturated rings. The Labute approximate surface area is 160 Å². The Bertz CT molecular complexity index is 1030. The molecule has 0 saturated carbocycles. The summed E-state index contributed by atoms with van der Waals surface area (Å²) in [5.41, 5.74) is 5.22. The summed E-state index contributed by atoms with van der Waals surface area (Å²) in [5.74, 6) is -0.00989. The molecule has 0 radical (unpaired) electrons. The Morgan fingerprint density at radius 2 is 2.19 bits per heavy atom. The number of pyridine rings is 1. The highest BCUT2D eigenvalue weighted by atomic mass is 32.1. The molecule has 5 rings (SSSR count). The number of nitrogens with zero attached hydrogens (tertiary/aromatic N) is 3. The van der Waals surface area contributed by atoms with Gasteiger partial charge in [0.25, 0.3) is 5.91 Å². The molecule has 0 bridgehead atoms. The molecule has 1 amide bonds. The number of hydrogen-bond acceptors (Lipinski definition) is 5. The van der Waals surface area contributed by atoms with Crippen molar-refractivity contribution in [3.63, 3.8) is 0 Å². The largest absolute Gasteiger partial charge is 0.378 e. The van der Waals surface area contributed by atoms with Crippen molar-refractivity contribution in [3.8, 4) is 11.3 Å². The van der Waals surface area contributed by atoms with Crippen LogP contribution in [0.4, 0.5) is 0 Å². The summed E-state index contributed by atoms with van der Waals surface area (Å²) in [7, 11) is 0. The van der Waals surface area contributed by atoms with Crippen molar-refractivity contribution in [2.24, 2.45) is 0 Å². The second-order valence-corrected chi connectivity index (χ2v) is 7.74. The predicted octanol–water partition coefficient (Wildman–Crippen LogP) is 3.73. The summed E-state index contributed by atoms with van der Waals surface area (Å²) in [4.78, 5) is 26.9. The Morgan fingerprint density at radius 1 is 1.30 bits per heavy atom. The first-order valence-corrected chi connectivity index (χ1v) is 10.2. The zero-order valence-electron chi connectivity index (χ0n) is 14.9. The first kappa shape index (κ1) is 16.6. The van der Waals surface area contributed by atoms with Crippen molar-refractivity contribution < 1.29 is 9.53 Å². The van der Waals surface area contributed by atoms with E-state index >= 15 is 0 Å². The molecule has 1 N–H and O–H groups in total. The van der Waals surface area contributed by atoms with E-state index in [9.17, 15) is 4.79 Å². The normalized spacial score (nSPS) is 17.5. The van der Waals surface area contributed by atoms with E-state index in [2.05, 4.69) is 27.1 Å². The molecule has 1 saturated heterocycles. The van der Waals surface area contributed by atoms with Crippen LogP contribution in [0.25, 0.3) is 27.9 Å². The zero-order chi connectivity index (χ0) is 18.2. The van der Waals surface area contributed by atoms with Gasteiger partial charge in [0.2, 0.25) is 0 Å². The number of morpholine rings is 1. The number of ether oxygens (including phenoxy) is 1. The molecule has 138 valence electrons. The fourth-order valence-electron chi connectivity index (χ4n) is 3.72. The van der Waals surface area contributed by atoms with Crippen molar-refractivity contribution in [2.45, 2.75) is 19.3 Å². The zero-order valence-corrected chi connectivity index (χ0v) is 15.7. The van der Waals surface area contributed by atoms with Crippen LogP contribution in [0.15, 0.2) is 29.9 Å². The van der Waals surface area contributed by atoms with Crippen LogP contribution in [-0.2, 0) is 4.74 Å². The van der Waals surface area contributed by atoms with E-state index in [0.717, 1.165) is 35.1 Å². The van der Waals surface area contributed by atoms with E-state index in [4.69, 9.17) is 4.74 Å². The van der Waals surface area contributed by atoms with Gasteiger partial charge < -0.3 is 14.6 Å². The van der Waals surface area contributed by atoms with Crippen molar-refractivity contribution in [3.05, 3.63) is 40.5 Å². The number of carbonyl (C=O) groups excluding carboxylic acids is 1. The molecule has 4 heterocycles. The molecular formula is C20H20N4O2S. The lowest BCUT2D eigenvalue weighted by Crippen LogP contribution is -2.40. The van der Waals surface area contributed by atoms with E-state index in [-0.39, 0.29) is 5.91 Å². The third-order valence-corrected chi connectivity index (χ3v) is 6.03. The average Bonchev–Trinajstić information content (AvgIpc) is 3.47. The molecule has 7 heteroatoms. The number of allylic oxidation sites excluding steroid dienone is 2. The smallest absolute Gasteiger partial charge is 0.283 e. The molecule has 1 aliphatic carbocycles. The van der Waals surface area contributed by atoms with Crippen LogP contribution in [0, 0.1) is 0 Å². The summed E-state index contributed by atoms with van der Waals surface area (Å²) < 4.78 is 5.32. The maximum absolute atomic E-state index is 12.7. The van der Waals surface area contributed by atoms with Gasteiger partial charge in [-0.15, -0.1) is 11.3 Å². The van der Waals surface area contributed by atoms with Crippen LogP contribution in [0.1, 0.15) is 34.6 Å². The summed E-state index contributed by atoms with van der Waals surface area (Å²) in [5, 5.41) is 3.54. The van der Waals surface area contributed by atoms with Crippen molar-refractivity contribution in [1.29, 1.82) is 0 Å². The maximum atomic E-state index is 12.7. The van der Waals surface area contributed by atoms with E-state index in [1.807, 2.05) is 22.7 Å². The monoisotopic (exact) mass is 380 g/mol. The minimum Gasteiger partial charge on any atom is -0.378 e. The fraction of sp³-hybridized carbons (Fsp3) is 0.350. The number of nitrogens with one attached hydrogen (secondary N) is 1. The number of aromatic nitrogens is 3. The standard InChI is InChI=1S/C20H20N4O2S/c25-20(24-5-7-26-8-6-24)19-23-17(12-27-19)16-11-22-18-15(16)9-14(10-21-18)13-3-1-2-4-13/h3,9-12H,1-2,4-8H2,(H,21,22). The Morgan fingerprint density at radius 3 is 3.00 bits per heavy atom. The van der Waals surface area contributed by atoms with Gasteiger partial charge in [-0.2, -0.15) is 0 Å². The lowest BCUT2D eigenvalue weighted by atomic mass is 10.0. The SMILES string of the molecule is O=C(c1nc(-c2c[nH]c3ncc(C4=CCCC4)cc23)cs1)N1CCOCC1. The minimum absolute atomic E-state index is 0.00989. The van der Waals surface area contributed by atoms with E-state index in [0.29, 0.717) is 31.3 Å². The molecule has 3 aromatic heterocycles. The Balaban J connectivity index is 1.47. The number of aromatic amines is 1. The van der Waals surface area contributed by atoms with Gasteiger partial charge >= 0.3 is 0 Å².